The SMILES string of the molecule is Cc1c(NC(=O)NC(C)CCCO)cccc1C(F)(F)F. The zero-order chi connectivity index (χ0) is 16.0. The second kappa shape index (κ2) is 7.31. The second-order valence-electron chi connectivity index (χ2n) is 4.84. The van der Waals surface area contributed by atoms with Crippen LogP contribution in [-0.4, -0.2) is 23.8 Å². The molecule has 0 saturated carbocycles. The van der Waals surface area contributed by atoms with Gasteiger partial charge in [0.25, 0.3) is 0 Å². The number of alkyl halides is 3. The molecule has 0 aromatic heterocycles. The summed E-state index contributed by atoms with van der Waals surface area (Å²) in [6, 6.07) is 2.90. The quantitative estimate of drug-likeness (QED) is 0.781. The van der Waals surface area contributed by atoms with Crippen LogP contribution in [0.2, 0.25) is 0 Å². The molecule has 2 amide bonds. The van der Waals surface area contributed by atoms with Crippen molar-refractivity contribution in [2.45, 2.75) is 38.9 Å². The number of benzene rings is 1. The Kier molecular flexibility index (Phi) is 6.02. The first kappa shape index (κ1) is 17.3. The topological polar surface area (TPSA) is 61.4 Å². The van der Waals surface area contributed by atoms with Gasteiger partial charge in [-0.25, -0.2) is 4.79 Å². The van der Waals surface area contributed by atoms with Crippen molar-refractivity contribution in [3.63, 3.8) is 0 Å². The Balaban J connectivity index is 2.73. The molecule has 0 spiro atoms. The number of hydrogen-bond donors (Lipinski definition) is 3. The summed E-state index contributed by atoms with van der Waals surface area (Å²) in [5.74, 6) is 0. The molecule has 0 saturated heterocycles. The molecule has 0 fully saturated rings. The minimum atomic E-state index is -4.45. The summed E-state index contributed by atoms with van der Waals surface area (Å²) in [5, 5.41) is 13.7. The highest BCUT2D eigenvalue weighted by Gasteiger charge is 2.33. The molecule has 4 nitrogen and oxygen atoms in total. The summed E-state index contributed by atoms with van der Waals surface area (Å²) in [5.41, 5.74) is -0.673. The third-order valence-electron chi connectivity index (χ3n) is 3.06. The van der Waals surface area contributed by atoms with Crippen molar-refractivity contribution in [3.05, 3.63) is 29.3 Å². The molecule has 0 aliphatic carbocycles. The number of nitrogens with one attached hydrogen (secondary N) is 2. The van der Waals surface area contributed by atoms with Crippen molar-refractivity contribution < 1.29 is 23.1 Å². The van der Waals surface area contributed by atoms with E-state index < -0.39 is 17.8 Å². The molecule has 7 heteroatoms. The van der Waals surface area contributed by atoms with E-state index >= 15 is 0 Å². The molecule has 0 radical (unpaired) electrons. The molecule has 0 bridgehead atoms. The molecule has 0 heterocycles. The number of amides is 2. The number of rotatable bonds is 5. The van der Waals surface area contributed by atoms with Crippen molar-refractivity contribution >= 4 is 11.7 Å². The Morgan fingerprint density at radius 3 is 2.62 bits per heavy atom. The minimum absolute atomic E-state index is 0.0249. The van der Waals surface area contributed by atoms with Crippen LogP contribution in [0.1, 0.15) is 30.9 Å². The molecule has 0 aliphatic heterocycles. The van der Waals surface area contributed by atoms with E-state index in [0.717, 1.165) is 6.07 Å². The summed E-state index contributed by atoms with van der Waals surface area (Å²) < 4.78 is 38.3. The first-order valence-corrected chi connectivity index (χ1v) is 6.61. The van der Waals surface area contributed by atoms with E-state index in [1.54, 1.807) is 6.92 Å². The Morgan fingerprint density at radius 1 is 1.38 bits per heavy atom. The smallest absolute Gasteiger partial charge is 0.396 e. The molecule has 0 aliphatic rings. The van der Waals surface area contributed by atoms with Gasteiger partial charge in [-0.2, -0.15) is 13.2 Å². The summed E-state index contributed by atoms with van der Waals surface area (Å²) in [6.07, 6.45) is -3.32. The van der Waals surface area contributed by atoms with Crippen molar-refractivity contribution in [2.75, 3.05) is 11.9 Å². The summed E-state index contributed by atoms with van der Waals surface area (Å²) >= 11 is 0. The van der Waals surface area contributed by atoms with Crippen LogP contribution >= 0.6 is 0 Å². The van der Waals surface area contributed by atoms with Gasteiger partial charge in [0.05, 0.1) is 5.56 Å². The monoisotopic (exact) mass is 304 g/mol. The van der Waals surface area contributed by atoms with Gasteiger partial charge in [-0.1, -0.05) is 6.07 Å². The van der Waals surface area contributed by atoms with Gasteiger partial charge in [-0.3, -0.25) is 0 Å². The van der Waals surface area contributed by atoms with Gasteiger partial charge in [-0.05, 0) is 44.4 Å². The van der Waals surface area contributed by atoms with E-state index in [9.17, 15) is 18.0 Å². The highest BCUT2D eigenvalue weighted by atomic mass is 19.4. The van der Waals surface area contributed by atoms with Crippen LogP contribution in [0.5, 0.6) is 0 Å². The fraction of sp³-hybridized carbons (Fsp3) is 0.500. The number of urea groups is 1. The van der Waals surface area contributed by atoms with Crippen LogP contribution in [0, 0.1) is 6.92 Å². The Hall–Kier alpha value is -1.76. The predicted molar refractivity (Wildman–Crippen MR) is 74.1 cm³/mol. The maximum absolute atomic E-state index is 12.8. The lowest BCUT2D eigenvalue weighted by Crippen LogP contribution is -2.36. The molecule has 1 atom stereocenters. The largest absolute Gasteiger partial charge is 0.416 e. The van der Waals surface area contributed by atoms with Crippen LogP contribution in [0.15, 0.2) is 18.2 Å². The third kappa shape index (κ3) is 5.26. The van der Waals surface area contributed by atoms with E-state index in [0.29, 0.717) is 12.8 Å². The lowest BCUT2D eigenvalue weighted by Gasteiger charge is -2.17. The van der Waals surface area contributed by atoms with Gasteiger partial charge in [0.15, 0.2) is 0 Å². The first-order valence-electron chi connectivity index (χ1n) is 6.61. The zero-order valence-electron chi connectivity index (χ0n) is 11.9. The zero-order valence-corrected chi connectivity index (χ0v) is 11.9. The average Bonchev–Trinajstić information content (AvgIpc) is 2.37. The van der Waals surface area contributed by atoms with Gasteiger partial charge in [0.2, 0.25) is 0 Å². The van der Waals surface area contributed by atoms with E-state index in [2.05, 4.69) is 10.6 Å². The Morgan fingerprint density at radius 2 is 2.05 bits per heavy atom. The van der Waals surface area contributed by atoms with Gasteiger partial charge < -0.3 is 15.7 Å². The van der Waals surface area contributed by atoms with Crippen molar-refractivity contribution in [1.29, 1.82) is 0 Å². The van der Waals surface area contributed by atoms with Crippen molar-refractivity contribution in [2.24, 2.45) is 0 Å². The molecule has 1 rings (SSSR count). The summed E-state index contributed by atoms with van der Waals surface area (Å²) in [6.45, 7) is 3.10. The summed E-state index contributed by atoms with van der Waals surface area (Å²) in [7, 11) is 0. The lowest BCUT2D eigenvalue weighted by molar-refractivity contribution is -0.138. The predicted octanol–water partition coefficient (Wildman–Crippen LogP) is 3.30. The molecule has 1 unspecified atom stereocenters. The third-order valence-corrected chi connectivity index (χ3v) is 3.06. The molecule has 3 N–H and O–H groups in total. The van der Waals surface area contributed by atoms with Gasteiger partial charge in [0, 0.05) is 18.3 Å². The normalized spacial score (nSPS) is 12.9. The van der Waals surface area contributed by atoms with Crippen molar-refractivity contribution in [1.82, 2.24) is 5.32 Å². The fourth-order valence-corrected chi connectivity index (χ4v) is 1.93. The number of aliphatic hydroxyl groups is 1. The Bertz CT molecular complexity index is 490. The number of hydrogen-bond acceptors (Lipinski definition) is 2. The highest BCUT2D eigenvalue weighted by molar-refractivity contribution is 5.90. The minimum Gasteiger partial charge on any atom is -0.396 e. The van der Waals surface area contributed by atoms with Crippen LogP contribution in [0.25, 0.3) is 0 Å². The molecular formula is C14H19F3N2O2. The highest BCUT2D eigenvalue weighted by Crippen LogP contribution is 2.34. The van der Waals surface area contributed by atoms with E-state index in [1.807, 2.05) is 0 Å². The van der Waals surface area contributed by atoms with Gasteiger partial charge in [-0.15, -0.1) is 0 Å². The van der Waals surface area contributed by atoms with Crippen molar-refractivity contribution in [3.8, 4) is 0 Å². The summed E-state index contributed by atoms with van der Waals surface area (Å²) in [4.78, 5) is 11.7. The van der Waals surface area contributed by atoms with Crippen LogP contribution < -0.4 is 10.6 Å². The number of aliphatic hydroxyl groups excluding tert-OH is 1. The number of halogens is 3. The molecule has 118 valence electrons. The molecule has 1 aromatic rings. The van der Waals surface area contributed by atoms with Gasteiger partial charge >= 0.3 is 12.2 Å². The fourth-order valence-electron chi connectivity index (χ4n) is 1.93. The van der Waals surface area contributed by atoms with Crippen LogP contribution in [-0.2, 0) is 6.18 Å². The van der Waals surface area contributed by atoms with E-state index in [1.165, 1.54) is 19.1 Å². The standard InChI is InChI=1S/C14H19F3N2O2/c1-9(5-4-8-20)18-13(21)19-12-7-3-6-11(10(12)2)14(15,16)17/h3,6-7,9,20H,4-5,8H2,1-2H3,(H2,18,19,21). The van der Waals surface area contributed by atoms with E-state index in [-0.39, 0.29) is 23.9 Å². The first-order chi connectivity index (χ1) is 9.75. The second-order valence-corrected chi connectivity index (χ2v) is 4.84. The maximum atomic E-state index is 12.8. The lowest BCUT2D eigenvalue weighted by atomic mass is 10.1. The molecule has 1 aromatic carbocycles. The number of anilines is 1. The molecular weight excluding hydrogens is 285 g/mol. The number of carbonyl (C=O) groups is 1. The number of carbonyl (C=O) groups excluding carboxylic acids is 1. The molecule has 21 heavy (non-hydrogen) atoms. The Labute approximate surface area is 121 Å². The van der Waals surface area contributed by atoms with E-state index in [4.69, 9.17) is 5.11 Å². The van der Waals surface area contributed by atoms with Crippen LogP contribution in [0.3, 0.4) is 0 Å². The average molecular weight is 304 g/mol. The van der Waals surface area contributed by atoms with Gasteiger partial charge in [0.1, 0.15) is 0 Å². The maximum Gasteiger partial charge on any atom is 0.416 e. The van der Waals surface area contributed by atoms with Crippen LogP contribution in [0.4, 0.5) is 23.7 Å².